The predicted molar refractivity (Wildman–Crippen MR) is 146 cm³/mol. The lowest BCUT2D eigenvalue weighted by Crippen LogP contribution is -2.60. The van der Waals surface area contributed by atoms with E-state index in [1.165, 1.54) is 4.90 Å². The maximum atomic E-state index is 13.1. The quantitative estimate of drug-likeness (QED) is 0.232. The number of thiocarbonyl (C=S) groups is 1. The number of nitrogens with one attached hydrogen (secondary N) is 2. The van der Waals surface area contributed by atoms with Gasteiger partial charge < -0.3 is 24.4 Å². The summed E-state index contributed by atoms with van der Waals surface area (Å²) in [6.45, 7) is 3.41. The van der Waals surface area contributed by atoms with E-state index in [0.29, 0.717) is 41.2 Å². The minimum atomic E-state index is -0.910. The van der Waals surface area contributed by atoms with E-state index in [4.69, 9.17) is 26.4 Å². The van der Waals surface area contributed by atoms with E-state index in [1.54, 1.807) is 30.3 Å². The van der Waals surface area contributed by atoms with Gasteiger partial charge in [-0.25, -0.2) is 0 Å². The summed E-state index contributed by atoms with van der Waals surface area (Å²) in [6.07, 6.45) is 1.59. The Hall–Kier alpha value is -3.18. The molecule has 2 N–H and O–H groups in total. The van der Waals surface area contributed by atoms with Gasteiger partial charge in [0.2, 0.25) is 5.91 Å². The van der Waals surface area contributed by atoms with Gasteiger partial charge >= 0.3 is 5.97 Å². The third-order valence-corrected chi connectivity index (χ3v) is 6.30. The first-order chi connectivity index (χ1) is 17.9. The lowest BCUT2D eigenvalue weighted by atomic mass is 10.1. The Labute approximate surface area is 230 Å². The fourth-order valence-corrected chi connectivity index (χ4v) is 4.25. The number of amides is 2. The number of rotatable bonds is 11. The minimum Gasteiger partial charge on any atom is -0.493 e. The molecule has 3 rings (SSSR count). The molecule has 1 fully saturated rings. The predicted octanol–water partition coefficient (Wildman–Crippen LogP) is 3.46. The first kappa shape index (κ1) is 28.4. The number of hydrogen-bond donors (Lipinski definition) is 2. The minimum absolute atomic E-state index is 0.0347. The Bertz CT molecular complexity index is 1100. The highest BCUT2D eigenvalue weighted by Crippen LogP contribution is 2.24. The molecule has 0 radical (unpaired) electrons. The Morgan fingerprint density at radius 1 is 1.14 bits per heavy atom. The van der Waals surface area contributed by atoms with Gasteiger partial charge in [0.1, 0.15) is 30.8 Å². The van der Waals surface area contributed by atoms with Crippen molar-refractivity contribution < 1.29 is 28.6 Å². The van der Waals surface area contributed by atoms with Crippen molar-refractivity contribution in [3.05, 3.63) is 58.6 Å². The number of carbonyl (C=O) groups is 3. The van der Waals surface area contributed by atoms with Crippen LogP contribution in [0.4, 0.5) is 0 Å². The number of hydrogen-bond acceptors (Lipinski definition) is 7. The van der Waals surface area contributed by atoms with Gasteiger partial charge in [0.15, 0.2) is 5.11 Å². The molecule has 0 saturated carbocycles. The van der Waals surface area contributed by atoms with Gasteiger partial charge in [-0.15, -0.1) is 0 Å². The van der Waals surface area contributed by atoms with E-state index in [9.17, 15) is 14.4 Å². The zero-order valence-corrected chi connectivity index (χ0v) is 22.9. The highest BCUT2D eigenvalue weighted by Gasteiger charge is 2.34. The molecule has 1 unspecified atom stereocenters. The summed E-state index contributed by atoms with van der Waals surface area (Å²) in [4.78, 5) is 39.6. The van der Waals surface area contributed by atoms with Crippen molar-refractivity contribution in [2.45, 2.75) is 32.2 Å². The van der Waals surface area contributed by atoms with Crippen LogP contribution in [0.1, 0.15) is 36.5 Å². The average Bonchev–Trinajstić information content (AvgIpc) is 2.89. The van der Waals surface area contributed by atoms with Gasteiger partial charge in [-0.05, 0) is 49.0 Å². The number of esters is 1. The molecule has 0 aromatic heterocycles. The van der Waals surface area contributed by atoms with Crippen LogP contribution in [0.2, 0.25) is 0 Å². The Kier molecular flexibility index (Phi) is 11.2. The maximum absolute atomic E-state index is 13.1. The van der Waals surface area contributed by atoms with Gasteiger partial charge in [-0.2, -0.15) is 0 Å². The lowest BCUT2D eigenvalue weighted by Gasteiger charge is -2.36. The number of halogens is 1. The highest BCUT2D eigenvalue weighted by molar-refractivity contribution is 9.10. The van der Waals surface area contributed by atoms with E-state index in [0.717, 1.165) is 12.8 Å². The second-order valence-corrected chi connectivity index (χ2v) is 9.49. The Balaban J connectivity index is 1.57. The molecule has 1 heterocycles. The standard InChI is InChI=1S/C26H30BrN3O6S/c1-2-3-13-35-22-10-9-18(27)16-20(22)24(32)29-26(37)30-12-11-28-25(33)21(30)17-23(31)36-15-14-34-19-7-5-4-6-8-19/h4-10,16,21H,2-3,11-15,17H2,1H3,(H,28,33)(H,29,32,37). The summed E-state index contributed by atoms with van der Waals surface area (Å²) in [7, 11) is 0. The molecule has 1 atom stereocenters. The van der Waals surface area contributed by atoms with Gasteiger partial charge in [-0.3, -0.25) is 19.7 Å². The maximum Gasteiger partial charge on any atom is 0.308 e. The zero-order valence-electron chi connectivity index (χ0n) is 20.5. The number of unbranched alkanes of at least 4 members (excludes halogenated alkanes) is 1. The summed E-state index contributed by atoms with van der Waals surface area (Å²) in [5, 5.41) is 5.46. The topological polar surface area (TPSA) is 106 Å². The number of benzene rings is 2. The molecule has 9 nitrogen and oxygen atoms in total. The second kappa shape index (κ2) is 14.5. The van der Waals surface area contributed by atoms with Crippen molar-refractivity contribution in [2.24, 2.45) is 0 Å². The molecule has 0 aliphatic carbocycles. The molecule has 1 aliphatic rings. The van der Waals surface area contributed by atoms with Crippen molar-refractivity contribution >= 4 is 51.0 Å². The van der Waals surface area contributed by atoms with E-state index in [-0.39, 0.29) is 30.7 Å². The lowest BCUT2D eigenvalue weighted by molar-refractivity contribution is -0.148. The van der Waals surface area contributed by atoms with E-state index < -0.39 is 17.9 Å². The van der Waals surface area contributed by atoms with Crippen LogP contribution in [0, 0.1) is 0 Å². The molecule has 1 aliphatic heterocycles. The van der Waals surface area contributed by atoms with Crippen molar-refractivity contribution in [3.8, 4) is 11.5 Å². The summed E-state index contributed by atoms with van der Waals surface area (Å²) < 4.78 is 17.2. The van der Waals surface area contributed by atoms with Crippen LogP contribution in [0.15, 0.2) is 53.0 Å². The fraction of sp³-hybridized carbons (Fsp3) is 0.385. The van der Waals surface area contributed by atoms with Crippen molar-refractivity contribution in [1.82, 2.24) is 15.5 Å². The Morgan fingerprint density at radius 2 is 1.92 bits per heavy atom. The first-order valence-corrected chi connectivity index (χ1v) is 13.2. The number of piperazine rings is 1. The molecule has 0 spiro atoms. The smallest absolute Gasteiger partial charge is 0.308 e. The normalized spacial score (nSPS) is 14.9. The van der Waals surface area contributed by atoms with Crippen molar-refractivity contribution in [3.63, 3.8) is 0 Å². The van der Waals surface area contributed by atoms with Gasteiger partial charge in [0, 0.05) is 17.6 Å². The zero-order chi connectivity index (χ0) is 26.6. The number of nitrogens with zero attached hydrogens (tertiary/aromatic N) is 1. The van der Waals surface area contributed by atoms with E-state index in [1.807, 2.05) is 18.2 Å². The van der Waals surface area contributed by atoms with Crippen LogP contribution >= 0.6 is 28.1 Å². The van der Waals surface area contributed by atoms with Crippen LogP contribution in [0.25, 0.3) is 0 Å². The van der Waals surface area contributed by atoms with Gasteiger partial charge in [-0.1, -0.05) is 47.5 Å². The molecular formula is C26H30BrN3O6S. The fourth-order valence-electron chi connectivity index (χ4n) is 3.58. The molecule has 0 bridgehead atoms. The number of carbonyl (C=O) groups excluding carboxylic acids is 3. The SMILES string of the molecule is CCCCOc1ccc(Br)cc1C(=O)NC(=S)N1CCNC(=O)C1CC(=O)OCCOc1ccccc1. The van der Waals surface area contributed by atoms with Crippen molar-refractivity contribution in [2.75, 3.05) is 32.9 Å². The van der Waals surface area contributed by atoms with E-state index in [2.05, 4.69) is 33.5 Å². The monoisotopic (exact) mass is 591 g/mol. The van der Waals surface area contributed by atoms with Crippen LogP contribution in [0.3, 0.4) is 0 Å². The molecular weight excluding hydrogens is 562 g/mol. The molecule has 2 aromatic rings. The summed E-state index contributed by atoms with van der Waals surface area (Å²) >= 11 is 8.85. The molecule has 37 heavy (non-hydrogen) atoms. The van der Waals surface area contributed by atoms with Crippen LogP contribution in [-0.4, -0.2) is 66.7 Å². The third kappa shape index (κ3) is 8.71. The largest absolute Gasteiger partial charge is 0.493 e. The van der Waals surface area contributed by atoms with Crippen LogP contribution < -0.4 is 20.1 Å². The van der Waals surface area contributed by atoms with Crippen LogP contribution in [0.5, 0.6) is 11.5 Å². The van der Waals surface area contributed by atoms with Gasteiger partial charge in [0.25, 0.3) is 5.91 Å². The van der Waals surface area contributed by atoms with Crippen molar-refractivity contribution in [1.29, 1.82) is 0 Å². The molecule has 2 aromatic carbocycles. The van der Waals surface area contributed by atoms with Crippen LogP contribution in [-0.2, 0) is 14.3 Å². The molecule has 11 heteroatoms. The van der Waals surface area contributed by atoms with Gasteiger partial charge in [0.05, 0.1) is 18.6 Å². The molecule has 1 saturated heterocycles. The second-order valence-electron chi connectivity index (χ2n) is 8.19. The Morgan fingerprint density at radius 3 is 2.68 bits per heavy atom. The average molecular weight is 593 g/mol. The van der Waals surface area contributed by atoms with E-state index >= 15 is 0 Å². The summed E-state index contributed by atoms with van der Waals surface area (Å²) in [5.74, 6) is -0.306. The third-order valence-electron chi connectivity index (χ3n) is 5.47. The molecule has 2 amide bonds. The molecule has 198 valence electrons. The summed E-state index contributed by atoms with van der Waals surface area (Å²) in [6, 6.07) is 13.4. The highest BCUT2D eigenvalue weighted by atomic mass is 79.9. The summed E-state index contributed by atoms with van der Waals surface area (Å²) in [5.41, 5.74) is 0.309. The number of para-hydroxylation sites is 1. The number of ether oxygens (including phenoxy) is 3. The first-order valence-electron chi connectivity index (χ1n) is 12.0.